The standard InChI is InChI=1S/C11H15N3O4/c1-11(9(16)17)3-2-4-14(6-11)8(15)7-5-12-10(18)13-7/h5H,2-4,6H2,1H3,(H,16,17)(H2,12,13,18). The molecule has 0 spiro atoms. The van der Waals surface area contributed by atoms with Crippen LogP contribution < -0.4 is 5.69 Å². The highest BCUT2D eigenvalue weighted by molar-refractivity contribution is 5.92. The highest BCUT2D eigenvalue weighted by Gasteiger charge is 2.39. The Kier molecular flexibility index (Phi) is 2.98. The number of amides is 1. The summed E-state index contributed by atoms with van der Waals surface area (Å²) in [7, 11) is 0. The summed E-state index contributed by atoms with van der Waals surface area (Å²) >= 11 is 0. The molecule has 7 nitrogen and oxygen atoms in total. The van der Waals surface area contributed by atoms with E-state index in [9.17, 15) is 14.4 Å². The van der Waals surface area contributed by atoms with Crippen LogP contribution in [0.4, 0.5) is 0 Å². The maximum atomic E-state index is 12.1. The Morgan fingerprint density at radius 3 is 2.78 bits per heavy atom. The van der Waals surface area contributed by atoms with Gasteiger partial charge in [-0.05, 0) is 19.8 Å². The summed E-state index contributed by atoms with van der Waals surface area (Å²) in [5.41, 5.74) is -1.20. The Balaban J connectivity index is 2.17. The number of carboxylic acid groups (broad SMARTS) is 1. The molecule has 0 aromatic carbocycles. The molecule has 3 N–H and O–H groups in total. The van der Waals surface area contributed by atoms with Gasteiger partial charge in [0.15, 0.2) is 0 Å². The summed E-state index contributed by atoms with van der Waals surface area (Å²) in [6, 6.07) is 0. The van der Waals surface area contributed by atoms with Gasteiger partial charge in [0.05, 0.1) is 5.41 Å². The maximum Gasteiger partial charge on any atom is 0.323 e. The van der Waals surface area contributed by atoms with Crippen LogP contribution in [0.3, 0.4) is 0 Å². The van der Waals surface area contributed by atoms with Crippen molar-refractivity contribution >= 4 is 11.9 Å². The molecule has 0 saturated carbocycles. The van der Waals surface area contributed by atoms with E-state index in [1.54, 1.807) is 6.92 Å². The number of carboxylic acids is 1. The fourth-order valence-electron chi connectivity index (χ4n) is 2.21. The van der Waals surface area contributed by atoms with Crippen LogP contribution in [0.25, 0.3) is 0 Å². The number of nitrogens with one attached hydrogen (secondary N) is 2. The number of nitrogens with zero attached hydrogens (tertiary/aromatic N) is 1. The summed E-state index contributed by atoms with van der Waals surface area (Å²) in [6.45, 7) is 2.30. The normalized spacial score (nSPS) is 23.9. The zero-order valence-corrected chi connectivity index (χ0v) is 10.0. The van der Waals surface area contributed by atoms with Gasteiger partial charge in [0, 0.05) is 19.3 Å². The summed E-state index contributed by atoms with van der Waals surface area (Å²) in [6.07, 6.45) is 2.50. The lowest BCUT2D eigenvalue weighted by Crippen LogP contribution is -2.48. The van der Waals surface area contributed by atoms with E-state index in [0.29, 0.717) is 19.4 Å². The number of hydrogen-bond acceptors (Lipinski definition) is 3. The number of imidazole rings is 1. The van der Waals surface area contributed by atoms with Crippen molar-refractivity contribution in [3.63, 3.8) is 0 Å². The molecule has 1 aliphatic rings. The van der Waals surface area contributed by atoms with Gasteiger partial charge >= 0.3 is 11.7 Å². The molecule has 1 aliphatic heterocycles. The quantitative estimate of drug-likeness (QED) is 0.691. The fraction of sp³-hybridized carbons (Fsp3) is 0.545. The van der Waals surface area contributed by atoms with Crippen LogP contribution in [-0.4, -0.2) is 44.9 Å². The molecular formula is C11H15N3O4. The number of carbonyl (C=O) groups excluding carboxylic acids is 1. The molecule has 1 fully saturated rings. The topological polar surface area (TPSA) is 106 Å². The summed E-state index contributed by atoms with van der Waals surface area (Å²) in [5, 5.41) is 9.17. The first kappa shape index (κ1) is 12.4. The number of aromatic nitrogens is 2. The molecule has 1 amide bonds. The first-order valence-electron chi connectivity index (χ1n) is 5.73. The smallest absolute Gasteiger partial charge is 0.323 e. The number of likely N-dealkylation sites (tertiary alicyclic amines) is 1. The third-order valence-electron chi connectivity index (χ3n) is 3.33. The molecule has 2 rings (SSSR count). The van der Waals surface area contributed by atoms with E-state index in [0.717, 1.165) is 0 Å². The molecule has 7 heteroatoms. The van der Waals surface area contributed by atoms with Crippen LogP contribution in [-0.2, 0) is 4.79 Å². The molecular weight excluding hydrogens is 238 g/mol. The van der Waals surface area contributed by atoms with Gasteiger partial charge in [0.2, 0.25) is 0 Å². The maximum absolute atomic E-state index is 12.1. The van der Waals surface area contributed by atoms with Crippen molar-refractivity contribution in [3.8, 4) is 0 Å². The van der Waals surface area contributed by atoms with Crippen molar-refractivity contribution in [1.82, 2.24) is 14.9 Å². The van der Waals surface area contributed by atoms with Gasteiger partial charge in [-0.15, -0.1) is 0 Å². The van der Waals surface area contributed by atoms with E-state index in [2.05, 4.69) is 9.97 Å². The predicted octanol–water partition coefficient (Wildman–Crippen LogP) is 0.0299. The Labute approximate surface area is 103 Å². The second-order valence-electron chi connectivity index (χ2n) is 4.85. The van der Waals surface area contributed by atoms with Gasteiger partial charge in [-0.3, -0.25) is 9.59 Å². The van der Waals surface area contributed by atoms with Crippen molar-refractivity contribution in [2.45, 2.75) is 19.8 Å². The van der Waals surface area contributed by atoms with E-state index in [1.807, 2.05) is 0 Å². The van der Waals surface area contributed by atoms with Crippen molar-refractivity contribution in [1.29, 1.82) is 0 Å². The number of piperidine rings is 1. The van der Waals surface area contributed by atoms with Crippen LogP contribution in [0, 0.1) is 5.41 Å². The zero-order chi connectivity index (χ0) is 13.3. The van der Waals surface area contributed by atoms with Gasteiger partial charge in [0.1, 0.15) is 5.69 Å². The molecule has 98 valence electrons. The lowest BCUT2D eigenvalue weighted by atomic mass is 9.82. The first-order valence-corrected chi connectivity index (χ1v) is 5.73. The average Bonchev–Trinajstić information content (AvgIpc) is 2.75. The lowest BCUT2D eigenvalue weighted by Gasteiger charge is -2.37. The minimum absolute atomic E-state index is 0.161. The third-order valence-corrected chi connectivity index (χ3v) is 3.33. The third kappa shape index (κ3) is 2.15. The molecule has 18 heavy (non-hydrogen) atoms. The number of rotatable bonds is 2. The van der Waals surface area contributed by atoms with E-state index in [4.69, 9.17) is 5.11 Å². The Bertz CT molecular complexity index is 532. The zero-order valence-electron chi connectivity index (χ0n) is 10.0. The van der Waals surface area contributed by atoms with Crippen molar-refractivity contribution in [2.75, 3.05) is 13.1 Å². The first-order chi connectivity index (χ1) is 8.42. The second kappa shape index (κ2) is 4.32. The van der Waals surface area contributed by atoms with Crippen molar-refractivity contribution in [2.24, 2.45) is 5.41 Å². The van der Waals surface area contributed by atoms with Gasteiger partial charge in [-0.2, -0.15) is 0 Å². The molecule has 0 radical (unpaired) electrons. The number of aliphatic carboxylic acids is 1. The summed E-state index contributed by atoms with van der Waals surface area (Å²) in [4.78, 5) is 40.4. The molecule has 1 saturated heterocycles. The molecule has 1 aromatic rings. The molecule has 1 atom stereocenters. The number of H-pyrrole nitrogens is 2. The minimum atomic E-state index is -0.912. The lowest BCUT2D eigenvalue weighted by molar-refractivity contribution is -0.150. The largest absolute Gasteiger partial charge is 0.481 e. The highest BCUT2D eigenvalue weighted by Crippen LogP contribution is 2.30. The predicted molar refractivity (Wildman–Crippen MR) is 62.3 cm³/mol. The van der Waals surface area contributed by atoms with Gasteiger partial charge in [0.25, 0.3) is 5.91 Å². The minimum Gasteiger partial charge on any atom is -0.481 e. The molecule has 2 heterocycles. The van der Waals surface area contributed by atoms with E-state index in [-0.39, 0.29) is 18.1 Å². The van der Waals surface area contributed by atoms with Crippen LogP contribution in [0.15, 0.2) is 11.0 Å². The summed E-state index contributed by atoms with van der Waals surface area (Å²) in [5.74, 6) is -1.25. The van der Waals surface area contributed by atoms with Crippen molar-refractivity contribution < 1.29 is 14.7 Å². The van der Waals surface area contributed by atoms with Crippen molar-refractivity contribution in [3.05, 3.63) is 22.4 Å². The number of aromatic amines is 2. The van der Waals surface area contributed by atoms with Crippen LogP contribution in [0.1, 0.15) is 30.3 Å². The Morgan fingerprint density at radius 2 is 2.22 bits per heavy atom. The second-order valence-corrected chi connectivity index (χ2v) is 4.85. The van der Waals surface area contributed by atoms with E-state index < -0.39 is 17.1 Å². The van der Waals surface area contributed by atoms with E-state index >= 15 is 0 Å². The Hall–Kier alpha value is -2.05. The van der Waals surface area contributed by atoms with Crippen LogP contribution in [0.2, 0.25) is 0 Å². The Morgan fingerprint density at radius 1 is 1.50 bits per heavy atom. The SMILES string of the molecule is CC1(C(=O)O)CCCN(C(=O)c2c[nH]c(=O)[nH]2)C1. The molecule has 0 aliphatic carbocycles. The molecule has 0 bridgehead atoms. The molecule has 1 aromatic heterocycles. The van der Waals surface area contributed by atoms with Gasteiger partial charge < -0.3 is 20.0 Å². The van der Waals surface area contributed by atoms with E-state index in [1.165, 1.54) is 11.1 Å². The van der Waals surface area contributed by atoms with Gasteiger partial charge in [-0.1, -0.05) is 0 Å². The van der Waals surface area contributed by atoms with Crippen LogP contribution >= 0.6 is 0 Å². The molecule has 1 unspecified atom stereocenters. The number of hydrogen-bond donors (Lipinski definition) is 3. The summed E-state index contributed by atoms with van der Waals surface area (Å²) < 4.78 is 0. The average molecular weight is 253 g/mol. The monoisotopic (exact) mass is 253 g/mol. The van der Waals surface area contributed by atoms with Gasteiger partial charge in [-0.25, -0.2) is 4.79 Å². The fourth-order valence-corrected chi connectivity index (χ4v) is 2.21. The van der Waals surface area contributed by atoms with Crippen LogP contribution in [0.5, 0.6) is 0 Å². The highest BCUT2D eigenvalue weighted by atomic mass is 16.4. The number of carbonyl (C=O) groups is 2.